The van der Waals surface area contributed by atoms with E-state index < -0.39 is 11.8 Å². The van der Waals surface area contributed by atoms with Crippen LogP contribution >= 0.6 is 15.9 Å². The summed E-state index contributed by atoms with van der Waals surface area (Å²) in [5.41, 5.74) is -0.0107. The second-order valence-corrected chi connectivity index (χ2v) is 4.36. The third kappa shape index (κ3) is 2.54. The summed E-state index contributed by atoms with van der Waals surface area (Å²) in [5, 5.41) is 3.27. The number of halogens is 1. The summed E-state index contributed by atoms with van der Waals surface area (Å²) in [6.45, 7) is 0. The van der Waals surface area contributed by atoms with Crippen molar-refractivity contribution < 1.29 is 19.5 Å². The van der Waals surface area contributed by atoms with Crippen LogP contribution < -0.4 is 4.89 Å². The maximum Gasteiger partial charge on any atom is 0.257 e. The molecule has 0 atom stereocenters. The zero-order chi connectivity index (χ0) is 13.1. The maximum atomic E-state index is 11.2. The van der Waals surface area contributed by atoms with Crippen LogP contribution in [0.25, 0.3) is 0 Å². The van der Waals surface area contributed by atoms with E-state index in [2.05, 4.69) is 26.1 Å². The molecule has 1 aromatic rings. The lowest BCUT2D eigenvalue weighted by molar-refractivity contribution is -0.332. The monoisotopic (exact) mass is 314 g/mol. The van der Waals surface area contributed by atoms with Crippen molar-refractivity contribution in [2.24, 2.45) is 5.18 Å². The lowest BCUT2D eigenvalue weighted by Gasteiger charge is -2.12. The van der Waals surface area contributed by atoms with Gasteiger partial charge in [0.2, 0.25) is 0 Å². The van der Waals surface area contributed by atoms with Crippen LogP contribution in [0.4, 0.5) is 5.69 Å². The van der Waals surface area contributed by atoms with Crippen molar-refractivity contribution in [2.45, 2.75) is 12.8 Å². The highest BCUT2D eigenvalue weighted by molar-refractivity contribution is 9.10. The van der Waals surface area contributed by atoms with Gasteiger partial charge in [0.15, 0.2) is 11.4 Å². The third-order valence-electron chi connectivity index (χ3n) is 2.23. The fraction of sp³-hybridized carbons (Fsp3) is 0.200. The molecule has 94 valence electrons. The van der Waals surface area contributed by atoms with Gasteiger partial charge in [-0.15, -0.1) is 9.97 Å². The number of carbonyl (C=O) groups is 2. The molecule has 0 spiro atoms. The summed E-state index contributed by atoms with van der Waals surface area (Å²) in [6.07, 6.45) is 0.169. The molecule has 1 aliphatic rings. The fourth-order valence-corrected chi connectivity index (χ4v) is 1.70. The molecular weight excluding hydrogens is 308 g/mol. The van der Waals surface area contributed by atoms with E-state index in [0.29, 0.717) is 9.54 Å². The molecule has 2 rings (SSSR count). The number of nitrogens with zero attached hydrogens (tertiary/aromatic N) is 2. The van der Waals surface area contributed by atoms with E-state index in [1.807, 2.05) is 0 Å². The Bertz CT molecular complexity index is 503. The van der Waals surface area contributed by atoms with E-state index >= 15 is 0 Å². The van der Waals surface area contributed by atoms with Crippen LogP contribution in [-0.4, -0.2) is 16.9 Å². The molecule has 18 heavy (non-hydrogen) atoms. The number of rotatable bonds is 4. The summed E-state index contributed by atoms with van der Waals surface area (Å²) >= 11 is 3.16. The quantitative estimate of drug-likeness (QED) is 0.368. The minimum atomic E-state index is -0.488. The number of imide groups is 1. The van der Waals surface area contributed by atoms with Crippen LogP contribution in [0.3, 0.4) is 0 Å². The second kappa shape index (κ2) is 5.23. The van der Waals surface area contributed by atoms with Crippen LogP contribution in [0, 0.1) is 4.91 Å². The van der Waals surface area contributed by atoms with Gasteiger partial charge in [-0.1, -0.05) is 15.9 Å². The van der Waals surface area contributed by atoms with Gasteiger partial charge in [0.1, 0.15) is 0 Å². The Hall–Kier alpha value is -1.80. The number of hydrogen-bond donors (Lipinski definition) is 0. The topological polar surface area (TPSA) is 85.3 Å². The first-order valence-electron chi connectivity index (χ1n) is 4.95. The maximum absolute atomic E-state index is 11.2. The molecular formula is C10H7BrN2O5. The highest BCUT2D eigenvalue weighted by Crippen LogP contribution is 2.31. The van der Waals surface area contributed by atoms with Crippen molar-refractivity contribution in [1.29, 1.82) is 0 Å². The van der Waals surface area contributed by atoms with Crippen molar-refractivity contribution in [3.8, 4) is 5.75 Å². The van der Waals surface area contributed by atoms with Crippen molar-refractivity contribution in [1.82, 2.24) is 5.06 Å². The van der Waals surface area contributed by atoms with Crippen LogP contribution in [-0.2, 0) is 14.6 Å². The smallest absolute Gasteiger partial charge is 0.257 e. The molecule has 8 heteroatoms. The molecule has 0 unspecified atom stereocenters. The molecule has 1 heterocycles. The molecule has 0 radical (unpaired) electrons. The predicted molar refractivity (Wildman–Crippen MR) is 62.4 cm³/mol. The number of hydrogen-bond acceptors (Lipinski definition) is 6. The number of hydroxylamine groups is 2. The number of benzene rings is 1. The largest absolute Gasteiger partial charge is 0.311 e. The van der Waals surface area contributed by atoms with E-state index in [-0.39, 0.29) is 24.3 Å². The molecule has 1 fully saturated rings. The Labute approximate surface area is 110 Å². The van der Waals surface area contributed by atoms with Gasteiger partial charge in [-0.2, -0.15) is 0 Å². The van der Waals surface area contributed by atoms with Gasteiger partial charge in [-0.25, -0.2) is 0 Å². The van der Waals surface area contributed by atoms with E-state index in [4.69, 9.17) is 4.89 Å². The van der Waals surface area contributed by atoms with E-state index in [1.54, 1.807) is 6.07 Å². The minimum Gasteiger partial charge on any atom is -0.311 e. The van der Waals surface area contributed by atoms with E-state index in [9.17, 15) is 14.5 Å². The van der Waals surface area contributed by atoms with Crippen molar-refractivity contribution in [3.63, 3.8) is 0 Å². The summed E-state index contributed by atoms with van der Waals surface area (Å²) in [4.78, 5) is 42.4. The Balaban J connectivity index is 2.08. The molecule has 0 aromatic heterocycles. The van der Waals surface area contributed by atoms with Crippen molar-refractivity contribution in [3.05, 3.63) is 27.6 Å². The lowest BCUT2D eigenvalue weighted by Crippen LogP contribution is -2.30. The Morgan fingerprint density at radius 1 is 1.22 bits per heavy atom. The lowest BCUT2D eigenvalue weighted by atomic mass is 10.3. The zero-order valence-electron chi connectivity index (χ0n) is 8.96. The van der Waals surface area contributed by atoms with Crippen molar-refractivity contribution >= 4 is 33.4 Å². The van der Waals surface area contributed by atoms with Gasteiger partial charge in [0, 0.05) is 17.3 Å². The number of nitroso groups, excluding NO2 is 1. The molecule has 2 amide bonds. The first kappa shape index (κ1) is 12.7. The molecule has 0 saturated carbocycles. The van der Waals surface area contributed by atoms with E-state index in [0.717, 1.165) is 0 Å². The van der Waals surface area contributed by atoms with Gasteiger partial charge in [0.25, 0.3) is 11.8 Å². The minimum absolute atomic E-state index is 0.0107. The Morgan fingerprint density at radius 2 is 1.89 bits per heavy atom. The summed E-state index contributed by atoms with van der Waals surface area (Å²) in [5.74, 6) is -0.962. The van der Waals surface area contributed by atoms with Gasteiger partial charge < -0.3 is 4.89 Å². The summed E-state index contributed by atoms with van der Waals surface area (Å²) in [7, 11) is 0. The third-order valence-corrected chi connectivity index (χ3v) is 2.72. The average molecular weight is 315 g/mol. The average Bonchev–Trinajstić information content (AvgIpc) is 2.68. The zero-order valence-corrected chi connectivity index (χ0v) is 10.5. The fourth-order valence-electron chi connectivity index (χ4n) is 1.35. The van der Waals surface area contributed by atoms with Crippen LogP contribution in [0.15, 0.2) is 27.8 Å². The normalized spacial score (nSPS) is 15.1. The molecule has 1 saturated heterocycles. The summed E-state index contributed by atoms with van der Waals surface area (Å²) in [6, 6.07) is 4.44. The molecule has 1 aliphatic heterocycles. The standard InChI is InChI=1S/C10H7BrN2O5/c11-6-1-2-8(7(5-6)12-16)17-18-13-9(14)3-4-10(13)15/h1-2,5H,3-4H2. The molecule has 1 aromatic carbocycles. The van der Waals surface area contributed by atoms with Gasteiger partial charge >= 0.3 is 0 Å². The van der Waals surface area contributed by atoms with E-state index in [1.165, 1.54) is 12.1 Å². The highest BCUT2D eigenvalue weighted by Gasteiger charge is 2.32. The molecule has 0 bridgehead atoms. The number of amides is 2. The van der Waals surface area contributed by atoms with Gasteiger partial charge in [0.05, 0.1) is 0 Å². The first-order chi connectivity index (χ1) is 8.61. The molecule has 0 N–H and O–H groups in total. The first-order valence-corrected chi connectivity index (χ1v) is 5.74. The molecule has 0 aliphatic carbocycles. The highest BCUT2D eigenvalue weighted by atomic mass is 79.9. The Morgan fingerprint density at radius 3 is 2.50 bits per heavy atom. The van der Waals surface area contributed by atoms with Gasteiger partial charge in [-0.3, -0.25) is 9.59 Å². The van der Waals surface area contributed by atoms with Crippen LogP contribution in [0.2, 0.25) is 0 Å². The SMILES string of the molecule is O=Nc1cc(Br)ccc1OON1C(=O)CCC1=O. The van der Waals surface area contributed by atoms with Crippen LogP contribution in [0.1, 0.15) is 12.8 Å². The molecule has 7 nitrogen and oxygen atoms in total. The van der Waals surface area contributed by atoms with Gasteiger partial charge in [-0.05, 0) is 28.4 Å². The number of carbonyl (C=O) groups excluding carboxylic acids is 2. The van der Waals surface area contributed by atoms with Crippen LogP contribution in [0.5, 0.6) is 5.75 Å². The summed E-state index contributed by atoms with van der Waals surface area (Å²) < 4.78 is 0.637. The Kier molecular flexibility index (Phi) is 3.68. The predicted octanol–water partition coefficient (Wildman–Crippen LogP) is 2.22. The van der Waals surface area contributed by atoms with Crippen molar-refractivity contribution in [2.75, 3.05) is 0 Å². The second-order valence-electron chi connectivity index (χ2n) is 3.44.